The number of piperazine rings is 1. The minimum Gasteiger partial charge on any atom is -0.384 e. The van der Waals surface area contributed by atoms with Gasteiger partial charge in [-0.1, -0.05) is 18.2 Å². The zero-order valence-electron chi connectivity index (χ0n) is 13.7. The number of amidine groups is 1. The van der Waals surface area contributed by atoms with E-state index in [9.17, 15) is 0 Å². The fourth-order valence-electron chi connectivity index (χ4n) is 2.97. The lowest BCUT2D eigenvalue weighted by molar-refractivity contribution is 0.653. The lowest BCUT2D eigenvalue weighted by Crippen LogP contribution is -2.46. The topological polar surface area (TPSA) is 44.9 Å². The highest BCUT2D eigenvalue weighted by Gasteiger charge is 2.17. The molecule has 2 N–H and O–H groups in total. The van der Waals surface area contributed by atoms with E-state index in [4.69, 9.17) is 5.73 Å². The van der Waals surface area contributed by atoms with Crippen LogP contribution in [0.5, 0.6) is 0 Å². The minimum absolute atomic E-state index is 0.618. The van der Waals surface area contributed by atoms with E-state index in [1.165, 1.54) is 11.4 Å². The Morgan fingerprint density at radius 1 is 0.870 bits per heavy atom. The third kappa shape index (κ3) is 3.65. The second kappa shape index (κ2) is 7.18. The molecule has 1 aliphatic rings. The summed E-state index contributed by atoms with van der Waals surface area (Å²) in [4.78, 5) is 9.12. The Morgan fingerprint density at radius 2 is 1.39 bits per heavy atom. The van der Waals surface area contributed by atoms with Gasteiger partial charge >= 0.3 is 0 Å². The van der Waals surface area contributed by atoms with Gasteiger partial charge in [-0.05, 0) is 43.3 Å². The number of benzene rings is 2. The second-order valence-corrected chi connectivity index (χ2v) is 5.72. The third-order valence-electron chi connectivity index (χ3n) is 4.26. The molecule has 0 atom stereocenters. The largest absolute Gasteiger partial charge is 0.384 e. The van der Waals surface area contributed by atoms with Crippen LogP contribution in [0.1, 0.15) is 12.5 Å². The molecule has 0 aromatic heterocycles. The highest BCUT2D eigenvalue weighted by molar-refractivity contribution is 5.97. The molecule has 1 aliphatic heterocycles. The molecule has 1 saturated heterocycles. The normalized spacial score (nSPS) is 15.8. The van der Waals surface area contributed by atoms with Gasteiger partial charge in [-0.25, -0.2) is 0 Å². The van der Waals surface area contributed by atoms with Gasteiger partial charge in [0.2, 0.25) is 0 Å². The summed E-state index contributed by atoms with van der Waals surface area (Å²) >= 11 is 0. The molecule has 1 fully saturated rings. The summed E-state index contributed by atoms with van der Waals surface area (Å²) in [6.07, 6.45) is 0. The molecule has 23 heavy (non-hydrogen) atoms. The Hall–Kier alpha value is -2.49. The van der Waals surface area contributed by atoms with Gasteiger partial charge in [0.15, 0.2) is 0 Å². The van der Waals surface area contributed by atoms with Crippen molar-refractivity contribution in [3.8, 4) is 0 Å². The summed E-state index contributed by atoms with van der Waals surface area (Å²) in [6, 6.07) is 19.0. The Balaban J connectivity index is 1.63. The molecule has 120 valence electrons. The van der Waals surface area contributed by atoms with E-state index in [0.29, 0.717) is 5.84 Å². The van der Waals surface area contributed by atoms with Crippen LogP contribution in [0.3, 0.4) is 0 Å². The van der Waals surface area contributed by atoms with Crippen molar-refractivity contribution in [3.05, 3.63) is 60.2 Å². The predicted molar refractivity (Wildman–Crippen MR) is 98.6 cm³/mol. The lowest BCUT2D eigenvalue weighted by Gasteiger charge is -2.37. The number of hydrogen-bond donors (Lipinski definition) is 1. The van der Waals surface area contributed by atoms with Crippen LogP contribution in [0.4, 0.5) is 11.4 Å². The van der Waals surface area contributed by atoms with Crippen molar-refractivity contribution < 1.29 is 0 Å². The van der Waals surface area contributed by atoms with Crippen molar-refractivity contribution in [1.82, 2.24) is 0 Å². The van der Waals surface area contributed by atoms with Crippen molar-refractivity contribution in [3.63, 3.8) is 0 Å². The predicted octanol–water partition coefficient (Wildman–Crippen LogP) is 2.74. The zero-order chi connectivity index (χ0) is 16.1. The molecule has 2 aromatic carbocycles. The van der Waals surface area contributed by atoms with E-state index in [0.717, 1.165) is 38.3 Å². The maximum Gasteiger partial charge on any atom is 0.125 e. The first-order valence-corrected chi connectivity index (χ1v) is 8.23. The monoisotopic (exact) mass is 308 g/mol. The maximum atomic E-state index is 5.95. The van der Waals surface area contributed by atoms with E-state index in [1.807, 2.05) is 6.92 Å². The molecule has 0 bridgehead atoms. The summed E-state index contributed by atoms with van der Waals surface area (Å²) in [5.74, 6) is 0.618. The average molecular weight is 308 g/mol. The second-order valence-electron chi connectivity index (χ2n) is 5.72. The summed E-state index contributed by atoms with van der Waals surface area (Å²) in [6.45, 7) is 6.87. The van der Waals surface area contributed by atoms with E-state index in [1.54, 1.807) is 0 Å². The molecular formula is C19H24N4. The maximum absolute atomic E-state index is 5.95. The fraction of sp³-hybridized carbons (Fsp3) is 0.316. The van der Waals surface area contributed by atoms with Gasteiger partial charge in [-0.2, -0.15) is 0 Å². The molecular weight excluding hydrogens is 284 g/mol. The summed E-state index contributed by atoms with van der Waals surface area (Å²) in [5, 5.41) is 0. The number of para-hydroxylation sites is 1. The molecule has 0 aliphatic carbocycles. The smallest absolute Gasteiger partial charge is 0.125 e. The first-order chi connectivity index (χ1) is 11.3. The van der Waals surface area contributed by atoms with Crippen molar-refractivity contribution in [2.24, 2.45) is 10.7 Å². The van der Waals surface area contributed by atoms with E-state index >= 15 is 0 Å². The van der Waals surface area contributed by atoms with E-state index < -0.39 is 0 Å². The van der Waals surface area contributed by atoms with Gasteiger partial charge in [0.25, 0.3) is 0 Å². The molecule has 0 radical (unpaired) electrons. The number of anilines is 2. The zero-order valence-corrected chi connectivity index (χ0v) is 13.7. The number of aliphatic imine (C=N–C) groups is 1. The Labute approximate surface area is 138 Å². The molecule has 4 heteroatoms. The van der Waals surface area contributed by atoms with Crippen molar-refractivity contribution >= 4 is 17.2 Å². The van der Waals surface area contributed by atoms with E-state index in [2.05, 4.69) is 69.4 Å². The summed E-state index contributed by atoms with van der Waals surface area (Å²) in [5.41, 5.74) is 9.51. The molecule has 0 amide bonds. The van der Waals surface area contributed by atoms with Crippen LogP contribution < -0.4 is 15.5 Å². The number of nitrogens with two attached hydrogens (primary N) is 1. The minimum atomic E-state index is 0.618. The molecule has 0 unspecified atom stereocenters. The standard InChI is InChI=1S/C19H24N4/c1-2-21-19(20)16-8-10-18(11-9-16)23-14-12-22(13-15-23)17-6-4-3-5-7-17/h3-11H,2,12-15H2,1H3,(H2,20,21). The first kappa shape index (κ1) is 15.4. The van der Waals surface area contributed by atoms with Crippen LogP contribution >= 0.6 is 0 Å². The van der Waals surface area contributed by atoms with Gasteiger partial charge in [0.1, 0.15) is 5.84 Å². The van der Waals surface area contributed by atoms with E-state index in [-0.39, 0.29) is 0 Å². The Bertz CT molecular complexity index is 641. The highest BCUT2D eigenvalue weighted by atomic mass is 15.3. The van der Waals surface area contributed by atoms with Gasteiger partial charge in [-0.15, -0.1) is 0 Å². The van der Waals surface area contributed by atoms with Gasteiger partial charge in [0, 0.05) is 49.7 Å². The van der Waals surface area contributed by atoms with Crippen LogP contribution in [-0.4, -0.2) is 38.6 Å². The summed E-state index contributed by atoms with van der Waals surface area (Å²) in [7, 11) is 0. The third-order valence-corrected chi connectivity index (χ3v) is 4.26. The van der Waals surface area contributed by atoms with Crippen molar-refractivity contribution in [2.75, 3.05) is 42.5 Å². The van der Waals surface area contributed by atoms with Crippen molar-refractivity contribution in [1.29, 1.82) is 0 Å². The molecule has 0 spiro atoms. The molecule has 2 aromatic rings. The van der Waals surface area contributed by atoms with Gasteiger partial charge in [-0.3, -0.25) is 4.99 Å². The SMILES string of the molecule is CCN=C(N)c1ccc(N2CCN(c3ccccc3)CC2)cc1. The first-order valence-electron chi connectivity index (χ1n) is 8.23. The van der Waals surface area contributed by atoms with Crippen LogP contribution in [0.2, 0.25) is 0 Å². The molecule has 3 rings (SSSR count). The van der Waals surface area contributed by atoms with Crippen LogP contribution in [0, 0.1) is 0 Å². The molecule has 0 saturated carbocycles. The Morgan fingerprint density at radius 3 is 1.91 bits per heavy atom. The van der Waals surface area contributed by atoms with Gasteiger partial charge < -0.3 is 15.5 Å². The number of nitrogens with zero attached hydrogens (tertiary/aromatic N) is 3. The number of hydrogen-bond acceptors (Lipinski definition) is 3. The average Bonchev–Trinajstić information content (AvgIpc) is 2.63. The highest BCUT2D eigenvalue weighted by Crippen LogP contribution is 2.20. The van der Waals surface area contributed by atoms with Crippen LogP contribution in [-0.2, 0) is 0 Å². The molecule has 4 nitrogen and oxygen atoms in total. The quantitative estimate of drug-likeness (QED) is 0.698. The Kier molecular flexibility index (Phi) is 4.81. The molecule has 1 heterocycles. The van der Waals surface area contributed by atoms with Crippen molar-refractivity contribution in [2.45, 2.75) is 6.92 Å². The van der Waals surface area contributed by atoms with Crippen LogP contribution in [0.25, 0.3) is 0 Å². The number of rotatable bonds is 4. The van der Waals surface area contributed by atoms with Gasteiger partial charge in [0.05, 0.1) is 0 Å². The summed E-state index contributed by atoms with van der Waals surface area (Å²) < 4.78 is 0. The van der Waals surface area contributed by atoms with Crippen LogP contribution in [0.15, 0.2) is 59.6 Å². The lowest BCUT2D eigenvalue weighted by atomic mass is 10.1. The fourth-order valence-corrected chi connectivity index (χ4v) is 2.97.